The molecule has 2 aromatic rings. The van der Waals surface area contributed by atoms with Crippen LogP contribution in [-0.4, -0.2) is 81.8 Å². The van der Waals surface area contributed by atoms with Gasteiger partial charge < -0.3 is 34.1 Å². The molecule has 1 aromatic heterocycles. The molecule has 0 fully saturated rings. The maximum absolute atomic E-state index is 13.5. The van der Waals surface area contributed by atoms with Crippen molar-refractivity contribution < 1.29 is 48.0 Å². The van der Waals surface area contributed by atoms with E-state index in [1.165, 1.54) is 18.5 Å². The van der Waals surface area contributed by atoms with E-state index in [-0.39, 0.29) is 18.8 Å². The van der Waals surface area contributed by atoms with E-state index >= 15 is 0 Å². The van der Waals surface area contributed by atoms with Gasteiger partial charge in [0.25, 0.3) is 0 Å². The predicted octanol–water partition coefficient (Wildman–Crippen LogP) is 5.82. The molecular weight excluding hydrogens is 622 g/mol. The highest BCUT2D eigenvalue weighted by Crippen LogP contribution is 2.28. The standard InChI is InChI=1S/C35H49N3O10/c1-33(2,3)46-30(41)37-25(21-39)17-16-24-19-36-20-28(45-22-23-14-12-11-13-15-23)26(24)18-27(29(40)44-10)38(31(42)47-34(4,5)6)32(43)48-35(7,8)9/h11-17,19-20,25,27,39H,18,21-22H2,1-10H3,(H,37,41)/b17-16+/t25-,27-/m0/s1. The number of nitrogens with one attached hydrogen (secondary N) is 1. The topological polar surface area (TPSA) is 163 Å². The molecule has 0 bridgehead atoms. The highest BCUT2D eigenvalue weighted by molar-refractivity contribution is 5.94. The lowest BCUT2D eigenvalue weighted by Crippen LogP contribution is -2.53. The zero-order valence-corrected chi connectivity index (χ0v) is 29.5. The number of esters is 1. The summed E-state index contributed by atoms with van der Waals surface area (Å²) in [6.07, 6.45) is 2.72. The van der Waals surface area contributed by atoms with E-state index in [9.17, 15) is 24.3 Å². The van der Waals surface area contributed by atoms with E-state index in [1.54, 1.807) is 68.4 Å². The van der Waals surface area contributed by atoms with Crippen molar-refractivity contribution in [1.82, 2.24) is 15.2 Å². The number of ether oxygens (including phenoxy) is 5. The van der Waals surface area contributed by atoms with Crippen LogP contribution in [0.1, 0.15) is 79.0 Å². The second-order valence-electron chi connectivity index (χ2n) is 13.8. The van der Waals surface area contributed by atoms with Crippen LogP contribution in [0, 0.1) is 0 Å². The van der Waals surface area contributed by atoms with Gasteiger partial charge in [-0.25, -0.2) is 19.2 Å². The lowest BCUT2D eigenvalue weighted by atomic mass is 9.99. The molecule has 0 saturated heterocycles. The second kappa shape index (κ2) is 17.0. The first-order valence-corrected chi connectivity index (χ1v) is 15.5. The lowest BCUT2D eigenvalue weighted by Gasteiger charge is -2.32. The highest BCUT2D eigenvalue weighted by Gasteiger charge is 2.41. The number of amides is 3. The fourth-order valence-electron chi connectivity index (χ4n) is 4.10. The summed E-state index contributed by atoms with van der Waals surface area (Å²) in [5.41, 5.74) is -1.20. The molecule has 1 aromatic carbocycles. The van der Waals surface area contributed by atoms with Gasteiger partial charge in [0.15, 0.2) is 0 Å². The van der Waals surface area contributed by atoms with Crippen LogP contribution in [0.3, 0.4) is 0 Å². The summed E-state index contributed by atoms with van der Waals surface area (Å²) in [5, 5.41) is 12.6. The van der Waals surface area contributed by atoms with E-state index < -0.39 is 59.7 Å². The number of rotatable bonds is 11. The monoisotopic (exact) mass is 671 g/mol. The first-order chi connectivity index (χ1) is 22.2. The number of methoxy groups -OCH3 is 1. The number of aliphatic hydroxyl groups excluding tert-OH is 1. The Morgan fingerprint density at radius 2 is 1.44 bits per heavy atom. The van der Waals surface area contributed by atoms with Crippen molar-refractivity contribution in [2.45, 2.75) is 104 Å². The highest BCUT2D eigenvalue weighted by atomic mass is 16.6. The molecule has 0 unspecified atom stereocenters. The first kappa shape index (κ1) is 39.5. The van der Waals surface area contributed by atoms with Crippen LogP contribution in [0.2, 0.25) is 0 Å². The number of alkyl carbamates (subject to hydrolysis) is 1. The maximum atomic E-state index is 13.5. The van der Waals surface area contributed by atoms with E-state index in [0.29, 0.717) is 16.0 Å². The van der Waals surface area contributed by atoms with Crippen molar-refractivity contribution in [2.24, 2.45) is 0 Å². The van der Waals surface area contributed by atoms with Gasteiger partial charge in [0.05, 0.1) is 26.0 Å². The molecule has 13 nitrogen and oxygen atoms in total. The second-order valence-corrected chi connectivity index (χ2v) is 13.8. The average molecular weight is 672 g/mol. The predicted molar refractivity (Wildman–Crippen MR) is 178 cm³/mol. The van der Waals surface area contributed by atoms with E-state index in [2.05, 4.69) is 10.3 Å². The molecule has 48 heavy (non-hydrogen) atoms. The summed E-state index contributed by atoms with van der Waals surface area (Å²) >= 11 is 0. The van der Waals surface area contributed by atoms with E-state index in [1.807, 2.05) is 30.3 Å². The van der Waals surface area contributed by atoms with Crippen LogP contribution in [-0.2, 0) is 36.8 Å². The van der Waals surface area contributed by atoms with E-state index in [4.69, 9.17) is 23.7 Å². The minimum Gasteiger partial charge on any atom is -0.487 e. The molecule has 0 saturated carbocycles. The van der Waals surface area contributed by atoms with Crippen molar-refractivity contribution in [2.75, 3.05) is 13.7 Å². The molecule has 3 amide bonds. The summed E-state index contributed by atoms with van der Waals surface area (Å²) in [6.45, 7) is 14.5. The Kier molecular flexibility index (Phi) is 14.0. The average Bonchev–Trinajstić information content (AvgIpc) is 2.95. The van der Waals surface area contributed by atoms with Crippen LogP contribution in [0.15, 0.2) is 48.8 Å². The number of hydrogen-bond acceptors (Lipinski definition) is 11. The fourth-order valence-corrected chi connectivity index (χ4v) is 4.10. The number of aliphatic hydroxyl groups is 1. The number of nitrogens with zero attached hydrogens (tertiary/aromatic N) is 2. The fraction of sp³-hybridized carbons (Fsp3) is 0.514. The number of carbonyl (C=O) groups is 4. The first-order valence-electron chi connectivity index (χ1n) is 15.5. The number of hydrogen-bond donors (Lipinski definition) is 2. The summed E-state index contributed by atoms with van der Waals surface area (Å²) < 4.78 is 27.6. The van der Waals surface area contributed by atoms with Gasteiger partial charge in [0, 0.05) is 18.2 Å². The molecule has 0 radical (unpaired) electrons. The SMILES string of the molecule is COC(=O)[C@H](Cc1c(/C=C/[C@@H](CO)NC(=O)OC(C)(C)C)cncc1OCc1ccccc1)N(C(=O)OC(C)(C)C)C(=O)OC(C)(C)C. The summed E-state index contributed by atoms with van der Waals surface area (Å²) in [5.74, 6) is -0.684. The van der Waals surface area contributed by atoms with Gasteiger partial charge in [0.2, 0.25) is 0 Å². The number of pyridine rings is 1. The number of carbonyl (C=O) groups excluding carboxylic acids is 4. The number of aromatic nitrogens is 1. The third-order valence-electron chi connectivity index (χ3n) is 6.06. The lowest BCUT2D eigenvalue weighted by molar-refractivity contribution is -0.146. The smallest absolute Gasteiger partial charge is 0.420 e. The van der Waals surface area contributed by atoms with Gasteiger partial charge in [0.1, 0.15) is 35.2 Å². The molecule has 0 aliphatic heterocycles. The molecule has 0 spiro atoms. The zero-order chi connectivity index (χ0) is 36.3. The molecule has 0 aliphatic carbocycles. The molecule has 2 N–H and O–H groups in total. The van der Waals surface area contributed by atoms with Crippen LogP contribution < -0.4 is 10.1 Å². The number of benzene rings is 1. The van der Waals surface area contributed by atoms with Crippen LogP contribution in [0.5, 0.6) is 5.75 Å². The van der Waals surface area contributed by atoms with Crippen molar-refractivity contribution >= 4 is 30.3 Å². The van der Waals surface area contributed by atoms with E-state index in [0.717, 1.165) is 12.7 Å². The van der Waals surface area contributed by atoms with Gasteiger partial charge >= 0.3 is 24.2 Å². The Hall–Kier alpha value is -4.65. The van der Waals surface area contributed by atoms with Crippen molar-refractivity contribution in [3.8, 4) is 5.75 Å². The van der Waals surface area contributed by atoms with Crippen LogP contribution in [0.25, 0.3) is 6.08 Å². The quantitative estimate of drug-likeness (QED) is 0.219. The Balaban J connectivity index is 2.67. The zero-order valence-electron chi connectivity index (χ0n) is 29.5. The Morgan fingerprint density at radius 3 is 1.94 bits per heavy atom. The van der Waals surface area contributed by atoms with Crippen LogP contribution >= 0.6 is 0 Å². The maximum Gasteiger partial charge on any atom is 0.420 e. The third-order valence-corrected chi connectivity index (χ3v) is 6.06. The van der Waals surface area contributed by atoms with Crippen molar-refractivity contribution in [3.63, 3.8) is 0 Å². The molecule has 264 valence electrons. The minimum absolute atomic E-state index is 0.132. The Labute approximate surface area is 282 Å². The minimum atomic E-state index is -1.57. The molecule has 0 aliphatic rings. The summed E-state index contributed by atoms with van der Waals surface area (Å²) in [7, 11) is 1.13. The third kappa shape index (κ3) is 13.6. The van der Waals surface area contributed by atoms with Crippen molar-refractivity contribution in [3.05, 3.63) is 65.5 Å². The Morgan fingerprint density at radius 1 is 0.875 bits per heavy atom. The van der Waals surface area contributed by atoms with Crippen LogP contribution in [0.4, 0.5) is 14.4 Å². The molecule has 13 heteroatoms. The molecule has 1 heterocycles. The van der Waals surface area contributed by atoms with Crippen molar-refractivity contribution in [1.29, 1.82) is 0 Å². The molecule has 2 atom stereocenters. The summed E-state index contributed by atoms with van der Waals surface area (Å²) in [6, 6.07) is 6.89. The van der Waals surface area contributed by atoms with Gasteiger partial charge in [-0.2, -0.15) is 4.90 Å². The van der Waals surface area contributed by atoms with Gasteiger partial charge in [-0.05, 0) is 73.4 Å². The molecular formula is C35H49N3O10. The Bertz CT molecular complexity index is 1390. The largest absolute Gasteiger partial charge is 0.487 e. The van der Waals surface area contributed by atoms with Gasteiger partial charge in [-0.15, -0.1) is 0 Å². The van der Waals surface area contributed by atoms with Gasteiger partial charge in [-0.3, -0.25) is 4.98 Å². The molecule has 2 rings (SSSR count). The normalized spacial score (nSPS) is 13.2. The summed E-state index contributed by atoms with van der Waals surface area (Å²) in [4.78, 5) is 57.7. The van der Waals surface area contributed by atoms with Gasteiger partial charge in [-0.1, -0.05) is 42.5 Å². The number of imide groups is 1.